The van der Waals surface area contributed by atoms with E-state index in [0.717, 1.165) is 17.7 Å². The number of imidazole rings is 1. The molecule has 0 atom stereocenters. The van der Waals surface area contributed by atoms with Gasteiger partial charge in [0.05, 0.1) is 57.0 Å². The highest BCUT2D eigenvalue weighted by atomic mass is 35.5. The van der Waals surface area contributed by atoms with Crippen LogP contribution >= 0.6 is 23.2 Å². The lowest BCUT2D eigenvalue weighted by Gasteiger charge is -2.24. The van der Waals surface area contributed by atoms with Crippen LogP contribution in [0.1, 0.15) is 47.6 Å². The smallest absolute Gasteiger partial charge is 0.255 e. The van der Waals surface area contributed by atoms with E-state index >= 15 is 0 Å². The standard InChI is InChI=1S/C30H34Cl2N4O5/c1-18(2)13-14-35(30(37)21-8-10-25(40-5)29(41-6)28(21)32)17-22-23(36-27(33-22)12-11-26(31)34-36)16-19-15-20(38-3)7-9-24(19)39-4/h7-12,15,18H,13-14,16-17H2,1-6H3. The van der Waals surface area contributed by atoms with Crippen LogP contribution in [0.3, 0.4) is 0 Å². The van der Waals surface area contributed by atoms with Gasteiger partial charge in [-0.25, -0.2) is 9.50 Å². The Hall–Kier alpha value is -3.69. The molecule has 0 radical (unpaired) electrons. The second-order valence-corrected chi connectivity index (χ2v) is 10.6. The minimum atomic E-state index is -0.246. The van der Waals surface area contributed by atoms with Crippen molar-refractivity contribution in [2.75, 3.05) is 35.0 Å². The molecular formula is C30H34Cl2N4O5. The average Bonchev–Trinajstić information content (AvgIpc) is 3.29. The Kier molecular flexibility index (Phi) is 9.83. The zero-order valence-corrected chi connectivity index (χ0v) is 25.5. The van der Waals surface area contributed by atoms with Crippen LogP contribution in [-0.2, 0) is 13.0 Å². The van der Waals surface area contributed by atoms with Gasteiger partial charge in [-0.05, 0) is 54.8 Å². The topological polar surface area (TPSA) is 87.4 Å². The number of hydrogen-bond donors (Lipinski definition) is 0. The third-order valence-corrected chi connectivity index (χ3v) is 7.36. The van der Waals surface area contributed by atoms with Crippen LogP contribution in [-0.4, -0.2) is 60.4 Å². The maximum atomic E-state index is 14.0. The number of fused-ring (bicyclic) bond motifs is 1. The van der Waals surface area contributed by atoms with Gasteiger partial charge in [0, 0.05) is 18.5 Å². The highest BCUT2D eigenvalue weighted by molar-refractivity contribution is 6.35. The van der Waals surface area contributed by atoms with Crippen LogP contribution in [0.2, 0.25) is 10.2 Å². The molecule has 41 heavy (non-hydrogen) atoms. The second-order valence-electron chi connectivity index (χ2n) is 9.86. The van der Waals surface area contributed by atoms with Gasteiger partial charge in [0.2, 0.25) is 0 Å². The predicted octanol–water partition coefficient (Wildman–Crippen LogP) is 6.35. The van der Waals surface area contributed by atoms with Crippen molar-refractivity contribution in [3.8, 4) is 23.0 Å². The van der Waals surface area contributed by atoms with E-state index in [9.17, 15) is 4.79 Å². The van der Waals surface area contributed by atoms with E-state index in [1.807, 2.05) is 18.2 Å². The number of amides is 1. The van der Waals surface area contributed by atoms with Crippen molar-refractivity contribution in [1.82, 2.24) is 19.5 Å². The number of nitrogens with zero attached hydrogens (tertiary/aromatic N) is 4. The number of hydrogen-bond acceptors (Lipinski definition) is 7. The molecule has 0 fully saturated rings. The molecular weight excluding hydrogens is 567 g/mol. The van der Waals surface area contributed by atoms with Crippen molar-refractivity contribution in [1.29, 1.82) is 0 Å². The lowest BCUT2D eigenvalue weighted by atomic mass is 10.1. The number of carbonyl (C=O) groups is 1. The van der Waals surface area contributed by atoms with Gasteiger partial charge in [-0.3, -0.25) is 4.79 Å². The number of rotatable bonds is 12. The molecule has 2 aromatic carbocycles. The van der Waals surface area contributed by atoms with Crippen LogP contribution in [0, 0.1) is 5.92 Å². The first-order chi connectivity index (χ1) is 19.7. The molecule has 2 aromatic heterocycles. The molecule has 0 spiro atoms. The summed E-state index contributed by atoms with van der Waals surface area (Å²) in [4.78, 5) is 20.6. The molecule has 0 unspecified atom stereocenters. The molecule has 0 bridgehead atoms. The van der Waals surface area contributed by atoms with Gasteiger partial charge in [0.25, 0.3) is 5.91 Å². The van der Waals surface area contributed by atoms with E-state index in [0.29, 0.717) is 63.9 Å². The summed E-state index contributed by atoms with van der Waals surface area (Å²) < 4.78 is 23.6. The van der Waals surface area contributed by atoms with Crippen LogP contribution < -0.4 is 18.9 Å². The van der Waals surface area contributed by atoms with E-state index in [1.54, 1.807) is 47.9 Å². The van der Waals surface area contributed by atoms with Crippen LogP contribution in [0.5, 0.6) is 23.0 Å². The lowest BCUT2D eigenvalue weighted by Crippen LogP contribution is -2.33. The first-order valence-corrected chi connectivity index (χ1v) is 13.9. The third-order valence-electron chi connectivity index (χ3n) is 6.79. The first-order valence-electron chi connectivity index (χ1n) is 13.1. The molecule has 1 amide bonds. The van der Waals surface area contributed by atoms with Crippen molar-refractivity contribution < 1.29 is 23.7 Å². The Labute approximate surface area is 249 Å². The maximum absolute atomic E-state index is 14.0. The Morgan fingerprint density at radius 3 is 2.34 bits per heavy atom. The van der Waals surface area contributed by atoms with E-state index in [-0.39, 0.29) is 17.5 Å². The zero-order valence-electron chi connectivity index (χ0n) is 24.0. The second kappa shape index (κ2) is 13.3. The average molecular weight is 602 g/mol. The van der Waals surface area contributed by atoms with E-state index in [1.165, 1.54) is 14.2 Å². The van der Waals surface area contributed by atoms with Crippen molar-refractivity contribution >= 4 is 34.8 Å². The van der Waals surface area contributed by atoms with Crippen molar-refractivity contribution in [2.24, 2.45) is 5.92 Å². The molecule has 2 heterocycles. The lowest BCUT2D eigenvalue weighted by molar-refractivity contribution is 0.0733. The highest BCUT2D eigenvalue weighted by Gasteiger charge is 2.26. The van der Waals surface area contributed by atoms with Gasteiger partial charge >= 0.3 is 0 Å². The van der Waals surface area contributed by atoms with Crippen LogP contribution in [0.15, 0.2) is 42.5 Å². The molecule has 218 valence electrons. The van der Waals surface area contributed by atoms with Gasteiger partial charge in [-0.15, -0.1) is 0 Å². The minimum absolute atomic E-state index is 0.191. The molecule has 0 saturated carbocycles. The number of methoxy groups -OCH3 is 4. The fourth-order valence-electron chi connectivity index (χ4n) is 4.58. The summed E-state index contributed by atoms with van der Waals surface area (Å²) in [5.41, 5.74) is 3.25. The predicted molar refractivity (Wildman–Crippen MR) is 159 cm³/mol. The molecule has 4 aromatic rings. The van der Waals surface area contributed by atoms with Crippen molar-refractivity contribution in [3.63, 3.8) is 0 Å². The highest BCUT2D eigenvalue weighted by Crippen LogP contribution is 2.38. The molecule has 11 heteroatoms. The Balaban J connectivity index is 1.80. The normalized spacial score (nSPS) is 11.1. The largest absolute Gasteiger partial charge is 0.497 e. The molecule has 9 nitrogen and oxygen atoms in total. The van der Waals surface area contributed by atoms with E-state index in [2.05, 4.69) is 18.9 Å². The van der Waals surface area contributed by atoms with Crippen molar-refractivity contribution in [3.05, 3.63) is 75.2 Å². The summed E-state index contributed by atoms with van der Waals surface area (Å²) in [5, 5.41) is 5.04. The van der Waals surface area contributed by atoms with Crippen LogP contribution in [0.4, 0.5) is 0 Å². The summed E-state index contributed by atoms with van der Waals surface area (Å²) in [6, 6.07) is 12.4. The number of aromatic nitrogens is 3. The Morgan fingerprint density at radius 1 is 0.951 bits per heavy atom. The summed E-state index contributed by atoms with van der Waals surface area (Å²) in [7, 11) is 6.24. The van der Waals surface area contributed by atoms with Gasteiger partial charge in [0.15, 0.2) is 17.1 Å². The van der Waals surface area contributed by atoms with E-state index < -0.39 is 0 Å². The van der Waals surface area contributed by atoms with Crippen LogP contribution in [0.25, 0.3) is 5.65 Å². The SMILES string of the molecule is COc1ccc(OC)c(Cc2c(CN(CCC(C)C)C(=O)c3ccc(OC)c(OC)c3Cl)nc3ccc(Cl)nn23)c1. The van der Waals surface area contributed by atoms with Gasteiger partial charge < -0.3 is 23.8 Å². The van der Waals surface area contributed by atoms with Gasteiger partial charge in [0.1, 0.15) is 16.7 Å². The fourth-order valence-corrected chi connectivity index (χ4v) is 5.03. The van der Waals surface area contributed by atoms with Gasteiger partial charge in [-0.2, -0.15) is 5.10 Å². The third kappa shape index (κ3) is 6.63. The fraction of sp³-hybridized carbons (Fsp3) is 0.367. The maximum Gasteiger partial charge on any atom is 0.255 e. The minimum Gasteiger partial charge on any atom is -0.497 e. The Bertz CT molecular complexity index is 1540. The molecule has 4 rings (SSSR count). The Morgan fingerprint density at radius 2 is 1.68 bits per heavy atom. The van der Waals surface area contributed by atoms with Crippen molar-refractivity contribution in [2.45, 2.75) is 33.2 Å². The zero-order chi connectivity index (χ0) is 29.7. The van der Waals surface area contributed by atoms with E-state index in [4.69, 9.17) is 47.1 Å². The summed E-state index contributed by atoms with van der Waals surface area (Å²) in [5.74, 6) is 2.26. The molecule has 0 saturated heterocycles. The summed E-state index contributed by atoms with van der Waals surface area (Å²) in [6.07, 6.45) is 1.20. The summed E-state index contributed by atoms with van der Waals surface area (Å²) >= 11 is 13.0. The molecule has 0 aliphatic heterocycles. The summed E-state index contributed by atoms with van der Waals surface area (Å²) in [6.45, 7) is 4.94. The monoisotopic (exact) mass is 600 g/mol. The molecule has 0 aliphatic rings. The molecule has 0 aliphatic carbocycles. The first kappa shape index (κ1) is 30.3. The number of ether oxygens (including phenoxy) is 4. The molecule has 0 N–H and O–H groups in total. The number of halogens is 2. The number of benzene rings is 2. The quantitative estimate of drug-likeness (QED) is 0.187. The number of carbonyl (C=O) groups excluding carboxylic acids is 1. The van der Waals surface area contributed by atoms with Gasteiger partial charge in [-0.1, -0.05) is 37.0 Å².